The van der Waals surface area contributed by atoms with E-state index in [2.05, 4.69) is 5.92 Å². The Hall–Kier alpha value is -1.74. The van der Waals surface area contributed by atoms with Crippen LogP contribution in [0.3, 0.4) is 0 Å². The van der Waals surface area contributed by atoms with E-state index in [1.54, 1.807) is 4.90 Å². The molecule has 0 aliphatic carbocycles. The summed E-state index contributed by atoms with van der Waals surface area (Å²) in [5.41, 5.74) is 0. The smallest absolute Gasteiger partial charge is 0.323 e. The molecule has 0 bridgehead atoms. The minimum absolute atomic E-state index is 0.00764. The van der Waals surface area contributed by atoms with E-state index >= 15 is 0 Å². The first kappa shape index (κ1) is 14.3. The molecule has 0 saturated carbocycles. The number of carbonyl (C=O) groups excluding carboxylic acids is 1. The van der Waals surface area contributed by atoms with E-state index < -0.39 is 5.97 Å². The Bertz CT molecular complexity index is 350. The van der Waals surface area contributed by atoms with E-state index in [4.69, 9.17) is 16.6 Å². The molecule has 1 saturated heterocycles. The van der Waals surface area contributed by atoms with Crippen molar-refractivity contribution in [2.24, 2.45) is 5.92 Å². The van der Waals surface area contributed by atoms with Crippen LogP contribution in [0.2, 0.25) is 0 Å². The maximum absolute atomic E-state index is 12.1. The molecule has 0 aromatic rings. The molecule has 2 N–H and O–H groups in total. The molecule has 2 amide bonds. The number of nitrogens with zero attached hydrogens (tertiary/aromatic N) is 2. The van der Waals surface area contributed by atoms with Crippen LogP contribution in [-0.4, -0.2) is 64.8 Å². The normalized spacial score (nSPS) is 18.4. The van der Waals surface area contributed by atoms with Crippen molar-refractivity contribution < 1.29 is 19.8 Å². The second-order valence-electron chi connectivity index (χ2n) is 4.35. The first-order valence-electron chi connectivity index (χ1n) is 5.88. The lowest BCUT2D eigenvalue weighted by atomic mass is 10.1. The van der Waals surface area contributed by atoms with Crippen LogP contribution in [0.4, 0.5) is 4.79 Å². The monoisotopic (exact) mass is 254 g/mol. The lowest BCUT2D eigenvalue weighted by molar-refractivity contribution is -0.137. The third-order valence-electron chi connectivity index (χ3n) is 2.97. The van der Waals surface area contributed by atoms with Gasteiger partial charge in [0.05, 0.1) is 6.54 Å². The largest absolute Gasteiger partial charge is 0.480 e. The predicted molar refractivity (Wildman–Crippen MR) is 64.8 cm³/mol. The first-order chi connectivity index (χ1) is 8.58. The van der Waals surface area contributed by atoms with Gasteiger partial charge < -0.3 is 20.0 Å². The number of carboxylic acids is 1. The molecule has 1 aliphatic heterocycles. The van der Waals surface area contributed by atoms with Crippen LogP contribution >= 0.6 is 0 Å². The molecular formula is C12H18N2O4. The van der Waals surface area contributed by atoms with Gasteiger partial charge in [0.25, 0.3) is 0 Å². The Labute approximate surface area is 106 Å². The highest BCUT2D eigenvalue weighted by Gasteiger charge is 2.29. The van der Waals surface area contributed by atoms with Gasteiger partial charge in [0.2, 0.25) is 0 Å². The van der Waals surface area contributed by atoms with Crippen LogP contribution in [0, 0.1) is 18.3 Å². The van der Waals surface area contributed by atoms with Gasteiger partial charge in [-0.15, -0.1) is 6.42 Å². The zero-order chi connectivity index (χ0) is 13.5. The fourth-order valence-corrected chi connectivity index (χ4v) is 2.09. The van der Waals surface area contributed by atoms with E-state index in [1.807, 2.05) is 0 Å². The molecule has 1 atom stereocenters. The minimum atomic E-state index is -1.08. The number of carbonyl (C=O) groups is 2. The summed E-state index contributed by atoms with van der Waals surface area (Å²) in [6.07, 6.45) is 6.63. The van der Waals surface area contributed by atoms with Gasteiger partial charge in [-0.25, -0.2) is 4.79 Å². The number of urea groups is 1. The van der Waals surface area contributed by atoms with E-state index in [9.17, 15) is 9.59 Å². The maximum atomic E-state index is 12.1. The lowest BCUT2D eigenvalue weighted by Gasteiger charge is -2.25. The SMILES string of the molecule is C#CCN(CC(=O)O)C(=O)N1CCC(CCO)C1. The molecule has 1 unspecified atom stereocenters. The van der Waals surface area contributed by atoms with E-state index in [0.717, 1.165) is 11.3 Å². The fraction of sp³-hybridized carbons (Fsp3) is 0.667. The van der Waals surface area contributed by atoms with Crippen molar-refractivity contribution in [3.05, 3.63) is 0 Å². The highest BCUT2D eigenvalue weighted by atomic mass is 16.4. The van der Waals surface area contributed by atoms with Gasteiger partial charge in [-0.05, 0) is 18.8 Å². The Morgan fingerprint density at radius 3 is 2.78 bits per heavy atom. The van der Waals surface area contributed by atoms with Gasteiger partial charge in [0, 0.05) is 19.7 Å². The summed E-state index contributed by atoms with van der Waals surface area (Å²) in [5, 5.41) is 17.6. The van der Waals surface area contributed by atoms with Gasteiger partial charge >= 0.3 is 12.0 Å². The van der Waals surface area contributed by atoms with Crippen molar-refractivity contribution >= 4 is 12.0 Å². The van der Waals surface area contributed by atoms with E-state index in [0.29, 0.717) is 19.5 Å². The molecule has 1 rings (SSSR count). The number of aliphatic carboxylic acids is 1. The number of amides is 2. The Morgan fingerprint density at radius 1 is 1.50 bits per heavy atom. The number of rotatable bonds is 5. The zero-order valence-electron chi connectivity index (χ0n) is 10.2. The summed E-state index contributed by atoms with van der Waals surface area (Å²) in [5.74, 6) is 1.50. The summed E-state index contributed by atoms with van der Waals surface area (Å²) >= 11 is 0. The first-order valence-corrected chi connectivity index (χ1v) is 5.88. The topological polar surface area (TPSA) is 81.1 Å². The van der Waals surface area contributed by atoms with Crippen molar-refractivity contribution in [3.63, 3.8) is 0 Å². The third-order valence-corrected chi connectivity index (χ3v) is 2.97. The molecular weight excluding hydrogens is 236 g/mol. The second-order valence-corrected chi connectivity index (χ2v) is 4.35. The molecule has 0 aromatic heterocycles. The quantitative estimate of drug-likeness (QED) is 0.667. The third kappa shape index (κ3) is 3.93. The molecule has 0 spiro atoms. The van der Waals surface area contributed by atoms with Gasteiger partial charge in [0.1, 0.15) is 6.54 Å². The van der Waals surface area contributed by atoms with Crippen molar-refractivity contribution in [2.45, 2.75) is 12.8 Å². The van der Waals surface area contributed by atoms with Crippen LogP contribution in [0.5, 0.6) is 0 Å². The van der Waals surface area contributed by atoms with E-state index in [-0.39, 0.29) is 31.6 Å². The zero-order valence-corrected chi connectivity index (χ0v) is 10.2. The second kappa shape index (κ2) is 6.87. The van der Waals surface area contributed by atoms with E-state index in [1.165, 1.54) is 0 Å². The summed E-state index contributed by atoms with van der Waals surface area (Å²) in [6.45, 7) is 0.858. The number of terminal acetylenes is 1. The average molecular weight is 254 g/mol. The molecule has 6 heteroatoms. The summed E-state index contributed by atoms with van der Waals surface area (Å²) in [7, 11) is 0. The van der Waals surface area contributed by atoms with Crippen LogP contribution in [0.1, 0.15) is 12.8 Å². The number of likely N-dealkylation sites (tertiary alicyclic amines) is 1. The molecule has 0 aromatic carbocycles. The lowest BCUT2D eigenvalue weighted by Crippen LogP contribution is -2.44. The van der Waals surface area contributed by atoms with Crippen LogP contribution in [-0.2, 0) is 4.79 Å². The van der Waals surface area contributed by atoms with Crippen molar-refractivity contribution in [3.8, 4) is 12.3 Å². The summed E-state index contributed by atoms with van der Waals surface area (Å²) < 4.78 is 0. The summed E-state index contributed by atoms with van der Waals surface area (Å²) in [6, 6.07) is -0.337. The van der Waals surface area contributed by atoms with Gasteiger partial charge in [0.15, 0.2) is 0 Å². The van der Waals surface area contributed by atoms with Crippen LogP contribution in [0.25, 0.3) is 0 Å². The van der Waals surface area contributed by atoms with Gasteiger partial charge in [-0.2, -0.15) is 0 Å². The average Bonchev–Trinajstić information content (AvgIpc) is 2.76. The number of carboxylic acid groups (broad SMARTS) is 1. The highest BCUT2D eigenvalue weighted by molar-refractivity contribution is 5.80. The van der Waals surface area contributed by atoms with Crippen molar-refractivity contribution in [1.29, 1.82) is 0 Å². The molecule has 1 heterocycles. The minimum Gasteiger partial charge on any atom is -0.480 e. The highest BCUT2D eigenvalue weighted by Crippen LogP contribution is 2.20. The van der Waals surface area contributed by atoms with Crippen molar-refractivity contribution in [1.82, 2.24) is 9.80 Å². The number of hydrogen-bond donors (Lipinski definition) is 2. The number of aliphatic hydroxyl groups excluding tert-OH is 1. The Kier molecular flexibility index (Phi) is 5.46. The Morgan fingerprint density at radius 2 is 2.22 bits per heavy atom. The van der Waals surface area contributed by atoms with Crippen LogP contribution in [0.15, 0.2) is 0 Å². The molecule has 18 heavy (non-hydrogen) atoms. The molecule has 100 valence electrons. The molecule has 1 aliphatic rings. The summed E-state index contributed by atoms with van der Waals surface area (Å²) in [4.78, 5) is 25.4. The Balaban J connectivity index is 2.56. The standard InChI is InChI=1S/C12H18N2O4/c1-2-5-13(9-11(16)17)12(18)14-6-3-10(8-14)4-7-15/h1,10,15H,3-9H2,(H,16,17). The number of aliphatic hydroxyl groups is 1. The van der Waals surface area contributed by atoms with Gasteiger partial charge in [-0.1, -0.05) is 5.92 Å². The molecule has 1 fully saturated rings. The van der Waals surface area contributed by atoms with Crippen molar-refractivity contribution in [2.75, 3.05) is 32.8 Å². The number of hydrogen-bond acceptors (Lipinski definition) is 3. The molecule has 0 radical (unpaired) electrons. The molecule has 6 nitrogen and oxygen atoms in total. The maximum Gasteiger partial charge on any atom is 0.323 e. The van der Waals surface area contributed by atoms with Crippen LogP contribution < -0.4 is 0 Å². The van der Waals surface area contributed by atoms with Gasteiger partial charge in [-0.3, -0.25) is 4.79 Å². The fourth-order valence-electron chi connectivity index (χ4n) is 2.09. The predicted octanol–water partition coefficient (Wildman–Crippen LogP) is -0.169.